The molecule has 0 aliphatic carbocycles. The van der Waals surface area contributed by atoms with Crippen molar-refractivity contribution in [2.45, 2.75) is 58.3 Å². The van der Waals surface area contributed by atoms with Gasteiger partial charge < -0.3 is 10.4 Å². The van der Waals surface area contributed by atoms with Crippen molar-refractivity contribution >= 4 is 11.9 Å². The summed E-state index contributed by atoms with van der Waals surface area (Å²) in [7, 11) is 0. The number of carbonyl (C=O) groups is 2. The number of unbranched alkanes of at least 4 members (excludes halogenated alkanes) is 1. The van der Waals surface area contributed by atoms with E-state index < -0.39 is 5.97 Å². The second kappa shape index (κ2) is 19.0. The lowest BCUT2D eigenvalue weighted by Crippen LogP contribution is -2.28. The summed E-state index contributed by atoms with van der Waals surface area (Å²) in [6.45, 7) is 1.83. The summed E-state index contributed by atoms with van der Waals surface area (Å²) in [5.74, 6) is -1.23. The van der Waals surface area contributed by atoms with Gasteiger partial charge in [-0.15, -0.1) is 0 Å². The third kappa shape index (κ3) is 19.7. The van der Waals surface area contributed by atoms with Crippen LogP contribution < -0.4 is 5.32 Å². The maximum absolute atomic E-state index is 11.3. The molecule has 0 aromatic rings. The zero-order valence-electron chi connectivity index (χ0n) is 15.9. The van der Waals surface area contributed by atoms with Crippen LogP contribution in [0.4, 0.5) is 0 Å². The normalized spacial score (nSPS) is 12.3. The van der Waals surface area contributed by atoms with Gasteiger partial charge >= 0.3 is 5.97 Å². The lowest BCUT2D eigenvalue weighted by molar-refractivity contribution is -0.137. The highest BCUT2D eigenvalue weighted by Gasteiger charge is 2.02. The summed E-state index contributed by atoms with van der Waals surface area (Å²) < 4.78 is 0. The van der Waals surface area contributed by atoms with Crippen molar-refractivity contribution in [1.82, 2.24) is 5.32 Å². The Morgan fingerprint density at radius 2 is 1.23 bits per heavy atom. The third-order valence-electron chi connectivity index (χ3n) is 3.37. The van der Waals surface area contributed by atoms with Crippen LogP contribution in [0.1, 0.15) is 58.3 Å². The molecule has 4 heteroatoms. The molecule has 0 aromatic carbocycles. The van der Waals surface area contributed by atoms with Crippen LogP contribution in [0.25, 0.3) is 0 Å². The van der Waals surface area contributed by atoms with E-state index in [1.807, 2.05) is 0 Å². The molecular formula is C22H33NO3. The van der Waals surface area contributed by atoms with Crippen LogP contribution in [0.15, 0.2) is 60.8 Å². The molecule has 0 saturated heterocycles. The quantitative estimate of drug-likeness (QED) is 0.315. The maximum atomic E-state index is 11.3. The Kier molecular flexibility index (Phi) is 17.2. The zero-order chi connectivity index (χ0) is 19.3. The van der Waals surface area contributed by atoms with E-state index in [2.05, 4.69) is 73.0 Å². The Hall–Kier alpha value is -2.36. The number of carboxylic acid groups (broad SMARTS) is 1. The molecule has 144 valence electrons. The minimum absolute atomic E-state index is 0.209. The molecule has 4 nitrogen and oxygen atoms in total. The number of aliphatic carboxylic acids is 1. The van der Waals surface area contributed by atoms with Crippen LogP contribution in [-0.4, -0.2) is 23.5 Å². The van der Waals surface area contributed by atoms with Crippen molar-refractivity contribution in [1.29, 1.82) is 0 Å². The van der Waals surface area contributed by atoms with Gasteiger partial charge in [0.05, 0.1) is 0 Å². The molecule has 26 heavy (non-hydrogen) atoms. The molecule has 0 atom stereocenters. The fourth-order valence-electron chi connectivity index (χ4n) is 2.01. The Morgan fingerprint density at radius 3 is 1.69 bits per heavy atom. The molecule has 0 aromatic heterocycles. The van der Waals surface area contributed by atoms with E-state index in [-0.39, 0.29) is 12.5 Å². The first-order chi connectivity index (χ1) is 12.7. The van der Waals surface area contributed by atoms with Crippen LogP contribution in [0, 0.1) is 0 Å². The predicted octanol–water partition coefficient (Wildman–Crippen LogP) is 5.11. The van der Waals surface area contributed by atoms with Crippen molar-refractivity contribution in [2.24, 2.45) is 0 Å². The monoisotopic (exact) mass is 359 g/mol. The van der Waals surface area contributed by atoms with Gasteiger partial charge in [-0.3, -0.25) is 9.59 Å². The van der Waals surface area contributed by atoms with Gasteiger partial charge in [0, 0.05) is 6.42 Å². The van der Waals surface area contributed by atoms with E-state index in [4.69, 9.17) is 5.11 Å². The summed E-state index contributed by atoms with van der Waals surface area (Å²) in [5.41, 5.74) is 0. The Labute approximate surface area is 158 Å². The SMILES string of the molecule is CC/C=C/C/C=C/C/C=C/C/C=C/C/C=C/CCCC(=O)NCC(=O)O. The summed E-state index contributed by atoms with van der Waals surface area (Å²) in [4.78, 5) is 21.6. The van der Waals surface area contributed by atoms with Crippen molar-refractivity contribution in [2.75, 3.05) is 6.54 Å². The summed E-state index contributed by atoms with van der Waals surface area (Å²) in [6.07, 6.45) is 28.4. The molecule has 0 rings (SSSR count). The number of carbonyl (C=O) groups excluding carboxylic acids is 1. The first-order valence-corrected chi connectivity index (χ1v) is 9.40. The smallest absolute Gasteiger partial charge is 0.322 e. The van der Waals surface area contributed by atoms with E-state index in [0.717, 1.165) is 44.9 Å². The predicted molar refractivity (Wildman–Crippen MR) is 109 cm³/mol. The molecule has 0 unspecified atom stereocenters. The molecule has 0 aliphatic heterocycles. The fraction of sp³-hybridized carbons (Fsp3) is 0.455. The average molecular weight is 360 g/mol. The van der Waals surface area contributed by atoms with Crippen LogP contribution in [0.2, 0.25) is 0 Å². The van der Waals surface area contributed by atoms with Crippen LogP contribution in [0.3, 0.4) is 0 Å². The lowest BCUT2D eigenvalue weighted by Gasteiger charge is -2.00. The van der Waals surface area contributed by atoms with Crippen molar-refractivity contribution < 1.29 is 14.7 Å². The molecule has 0 fully saturated rings. The highest BCUT2D eigenvalue weighted by molar-refractivity contribution is 5.80. The molecule has 0 saturated carbocycles. The van der Waals surface area contributed by atoms with Crippen LogP contribution in [0.5, 0.6) is 0 Å². The first-order valence-electron chi connectivity index (χ1n) is 9.40. The number of rotatable bonds is 15. The van der Waals surface area contributed by atoms with E-state index in [1.54, 1.807) is 0 Å². The second-order valence-electron chi connectivity index (χ2n) is 5.77. The minimum Gasteiger partial charge on any atom is -0.480 e. The van der Waals surface area contributed by atoms with E-state index >= 15 is 0 Å². The molecule has 0 aliphatic rings. The largest absolute Gasteiger partial charge is 0.480 e. The highest BCUT2D eigenvalue weighted by atomic mass is 16.4. The topological polar surface area (TPSA) is 66.4 Å². The Bertz CT molecular complexity index is 513. The zero-order valence-corrected chi connectivity index (χ0v) is 15.9. The van der Waals surface area contributed by atoms with Crippen LogP contribution >= 0.6 is 0 Å². The lowest BCUT2D eigenvalue weighted by atomic mass is 10.2. The van der Waals surface area contributed by atoms with Crippen LogP contribution in [-0.2, 0) is 9.59 Å². The highest BCUT2D eigenvalue weighted by Crippen LogP contribution is 1.99. The Balaban J connectivity index is 3.53. The van der Waals surface area contributed by atoms with Gasteiger partial charge in [0.15, 0.2) is 0 Å². The number of amides is 1. The summed E-state index contributed by atoms with van der Waals surface area (Å²) in [5, 5.41) is 10.8. The van der Waals surface area contributed by atoms with Gasteiger partial charge in [0.25, 0.3) is 0 Å². The molecule has 1 amide bonds. The first kappa shape index (κ1) is 23.6. The minimum atomic E-state index is -1.02. The van der Waals surface area contributed by atoms with Crippen molar-refractivity contribution in [3.63, 3.8) is 0 Å². The molecular weight excluding hydrogens is 326 g/mol. The van der Waals surface area contributed by atoms with Gasteiger partial charge in [0.1, 0.15) is 6.54 Å². The number of hydrogen-bond donors (Lipinski definition) is 2. The number of carboxylic acids is 1. The van der Waals surface area contributed by atoms with E-state index in [0.29, 0.717) is 6.42 Å². The number of hydrogen-bond acceptors (Lipinski definition) is 2. The van der Waals surface area contributed by atoms with Crippen molar-refractivity contribution in [3.8, 4) is 0 Å². The maximum Gasteiger partial charge on any atom is 0.322 e. The molecule has 0 spiro atoms. The van der Waals surface area contributed by atoms with Gasteiger partial charge in [-0.05, 0) is 44.9 Å². The van der Waals surface area contributed by atoms with Gasteiger partial charge in [0.2, 0.25) is 5.91 Å². The van der Waals surface area contributed by atoms with Gasteiger partial charge in [-0.2, -0.15) is 0 Å². The van der Waals surface area contributed by atoms with Gasteiger partial charge in [-0.25, -0.2) is 0 Å². The number of allylic oxidation sites excluding steroid dienone is 10. The third-order valence-corrected chi connectivity index (χ3v) is 3.37. The molecule has 2 N–H and O–H groups in total. The number of nitrogens with one attached hydrogen (secondary N) is 1. The second-order valence-corrected chi connectivity index (χ2v) is 5.77. The molecule has 0 radical (unpaired) electrons. The van der Waals surface area contributed by atoms with E-state index in [1.165, 1.54) is 0 Å². The molecule has 0 heterocycles. The summed E-state index contributed by atoms with van der Waals surface area (Å²) >= 11 is 0. The van der Waals surface area contributed by atoms with Crippen molar-refractivity contribution in [3.05, 3.63) is 60.8 Å². The average Bonchev–Trinajstić information content (AvgIpc) is 2.62. The van der Waals surface area contributed by atoms with E-state index in [9.17, 15) is 9.59 Å². The standard InChI is InChI=1S/C22H33NO3/c1-2-3-4-5-6-7-8-9-10-11-12-13-14-15-16-17-18-19-21(24)23-20-22(25)26/h3-4,6-7,9-10,12-13,15-16H,2,5,8,11,14,17-20H2,1H3,(H,23,24)(H,25,26)/b4-3+,7-6+,10-9+,13-12+,16-15+. The molecule has 0 bridgehead atoms. The summed E-state index contributed by atoms with van der Waals surface area (Å²) in [6, 6.07) is 0. The Morgan fingerprint density at radius 1 is 0.769 bits per heavy atom. The fourth-order valence-corrected chi connectivity index (χ4v) is 2.01. The van der Waals surface area contributed by atoms with Gasteiger partial charge in [-0.1, -0.05) is 67.7 Å².